The van der Waals surface area contributed by atoms with Crippen LogP contribution >= 0.6 is 0 Å². The molecule has 0 spiro atoms. The van der Waals surface area contributed by atoms with Gasteiger partial charge in [0.05, 0.1) is 0 Å². The summed E-state index contributed by atoms with van der Waals surface area (Å²) in [6, 6.07) is 7.94. The van der Waals surface area contributed by atoms with Crippen LogP contribution in [0.5, 0.6) is 0 Å². The van der Waals surface area contributed by atoms with Crippen molar-refractivity contribution in [3.05, 3.63) is 29.8 Å². The maximum Gasteiger partial charge on any atom is 0.434 e. The number of carbonyl (C=O) groups is 1. The monoisotopic (exact) mass is 439 g/mol. The Balaban J connectivity index is 1.56. The molecular formula is C19H23F6N3O2. The van der Waals surface area contributed by atoms with Crippen molar-refractivity contribution in [3.63, 3.8) is 0 Å². The molecule has 11 heteroatoms. The zero-order chi connectivity index (χ0) is 21.9. The van der Waals surface area contributed by atoms with E-state index in [9.17, 15) is 31.1 Å². The number of ether oxygens (including phenoxy) is 1. The molecule has 2 aliphatic rings. The van der Waals surface area contributed by atoms with Crippen LogP contribution < -0.4 is 4.90 Å². The fourth-order valence-electron chi connectivity index (χ4n) is 3.74. The van der Waals surface area contributed by atoms with Crippen molar-refractivity contribution < 1.29 is 35.9 Å². The van der Waals surface area contributed by atoms with Gasteiger partial charge < -0.3 is 14.5 Å². The predicted molar refractivity (Wildman–Crippen MR) is 97.1 cm³/mol. The number of rotatable bonds is 4. The second-order valence-electron chi connectivity index (χ2n) is 7.43. The lowest BCUT2D eigenvalue weighted by Crippen LogP contribution is -2.52. The van der Waals surface area contributed by atoms with Gasteiger partial charge in [-0.15, -0.1) is 0 Å². The molecule has 0 saturated carbocycles. The highest BCUT2D eigenvalue weighted by atomic mass is 19.4. The topological polar surface area (TPSA) is 36.0 Å². The lowest BCUT2D eigenvalue weighted by Gasteiger charge is -2.35. The van der Waals surface area contributed by atoms with Gasteiger partial charge in [-0.2, -0.15) is 26.3 Å². The number of nitrogens with zero attached hydrogens (tertiary/aromatic N) is 3. The molecule has 2 aliphatic heterocycles. The highest BCUT2D eigenvalue weighted by Gasteiger charge is 2.60. The van der Waals surface area contributed by atoms with Gasteiger partial charge in [0.15, 0.2) is 0 Å². The van der Waals surface area contributed by atoms with Crippen LogP contribution in [-0.2, 0) is 11.3 Å². The lowest BCUT2D eigenvalue weighted by molar-refractivity contribution is -0.308. The third kappa shape index (κ3) is 5.50. The highest BCUT2D eigenvalue weighted by molar-refractivity contribution is 5.68. The van der Waals surface area contributed by atoms with E-state index in [2.05, 4.69) is 9.64 Å². The summed E-state index contributed by atoms with van der Waals surface area (Å²) < 4.78 is 79.3. The molecule has 1 amide bonds. The smallest absolute Gasteiger partial charge is 0.426 e. The Kier molecular flexibility index (Phi) is 6.68. The molecule has 3 rings (SSSR count). The summed E-state index contributed by atoms with van der Waals surface area (Å²) in [5, 5.41) is 0. The molecule has 30 heavy (non-hydrogen) atoms. The Labute approximate surface area is 170 Å². The maximum absolute atomic E-state index is 12.6. The van der Waals surface area contributed by atoms with Crippen molar-refractivity contribution in [1.82, 2.24) is 9.80 Å². The van der Waals surface area contributed by atoms with Crippen molar-refractivity contribution in [3.8, 4) is 0 Å². The van der Waals surface area contributed by atoms with Gasteiger partial charge in [-0.3, -0.25) is 4.90 Å². The number of hydrogen-bond donors (Lipinski definition) is 0. The first-order valence-corrected chi connectivity index (χ1v) is 9.70. The molecule has 1 aromatic carbocycles. The summed E-state index contributed by atoms with van der Waals surface area (Å²) in [4.78, 5) is 17.1. The Morgan fingerprint density at radius 2 is 1.47 bits per heavy atom. The summed E-state index contributed by atoms with van der Waals surface area (Å²) in [5.74, 6) is 0. The first-order chi connectivity index (χ1) is 14.1. The van der Waals surface area contributed by atoms with Gasteiger partial charge in [-0.05, 0) is 24.5 Å². The third-order valence-corrected chi connectivity index (χ3v) is 5.28. The molecule has 0 N–H and O–H groups in total. The first-order valence-electron chi connectivity index (χ1n) is 9.70. The molecule has 168 valence electrons. The average Bonchev–Trinajstić information content (AvgIpc) is 3.20. The van der Waals surface area contributed by atoms with Crippen molar-refractivity contribution >= 4 is 11.8 Å². The first kappa shape index (κ1) is 22.5. The second kappa shape index (κ2) is 8.91. The number of benzene rings is 1. The van der Waals surface area contributed by atoms with Crippen molar-refractivity contribution in [2.45, 2.75) is 37.8 Å². The average molecular weight is 439 g/mol. The molecule has 2 heterocycles. The number of carbonyl (C=O) groups excluding carboxylic acids is 1. The quantitative estimate of drug-likeness (QED) is 0.664. The standard InChI is InChI=1S/C19H23F6N3O2/c20-18(21,22)16(19(23,24)25)30-17(29)28-11-9-26(10-12-28)13-14-5-1-2-6-15(14)27-7-3-4-8-27/h1-2,5-6,16H,3-4,7-13H2. The van der Waals surface area contributed by atoms with E-state index in [1.54, 1.807) is 0 Å². The molecule has 0 aromatic heterocycles. The second-order valence-corrected chi connectivity index (χ2v) is 7.43. The molecule has 0 atom stereocenters. The molecule has 1 aromatic rings. The molecule has 2 saturated heterocycles. The summed E-state index contributed by atoms with van der Waals surface area (Å²) in [7, 11) is 0. The van der Waals surface area contributed by atoms with E-state index < -0.39 is 24.5 Å². The van der Waals surface area contributed by atoms with Crippen LogP contribution in [0.15, 0.2) is 24.3 Å². The van der Waals surface area contributed by atoms with Crippen LogP contribution in [0, 0.1) is 0 Å². The number of amides is 1. The fraction of sp³-hybridized carbons (Fsp3) is 0.632. The number of hydrogen-bond acceptors (Lipinski definition) is 4. The molecule has 5 nitrogen and oxygen atoms in total. The number of piperazine rings is 1. The third-order valence-electron chi connectivity index (χ3n) is 5.28. The minimum atomic E-state index is -5.71. The van der Waals surface area contributed by atoms with Gasteiger partial charge in [-0.1, -0.05) is 18.2 Å². The zero-order valence-corrected chi connectivity index (χ0v) is 16.2. The summed E-state index contributed by atoms with van der Waals surface area (Å²) in [6.45, 7) is 3.19. The minimum Gasteiger partial charge on any atom is -0.426 e. The molecule has 0 bridgehead atoms. The van der Waals surface area contributed by atoms with Crippen LogP contribution in [0.2, 0.25) is 0 Å². The van der Waals surface area contributed by atoms with E-state index in [1.807, 2.05) is 29.2 Å². The van der Waals surface area contributed by atoms with E-state index in [4.69, 9.17) is 0 Å². The maximum atomic E-state index is 12.6. The summed E-state index contributed by atoms with van der Waals surface area (Å²) in [5.41, 5.74) is 2.24. The molecule has 0 aliphatic carbocycles. The van der Waals surface area contributed by atoms with Gasteiger partial charge in [0.2, 0.25) is 0 Å². The van der Waals surface area contributed by atoms with E-state index in [0.717, 1.165) is 42.1 Å². The van der Waals surface area contributed by atoms with Gasteiger partial charge >= 0.3 is 18.4 Å². The van der Waals surface area contributed by atoms with Crippen molar-refractivity contribution in [2.75, 3.05) is 44.2 Å². The van der Waals surface area contributed by atoms with Crippen molar-refractivity contribution in [2.24, 2.45) is 0 Å². The lowest BCUT2D eigenvalue weighted by atomic mass is 10.1. The Hall–Kier alpha value is -2.17. The van der Waals surface area contributed by atoms with Crippen LogP contribution in [0.1, 0.15) is 18.4 Å². The predicted octanol–water partition coefficient (Wildman–Crippen LogP) is 4.03. The van der Waals surface area contributed by atoms with Gasteiger partial charge in [0.25, 0.3) is 6.10 Å². The Morgan fingerprint density at radius 3 is 2.03 bits per heavy atom. The zero-order valence-electron chi connectivity index (χ0n) is 16.2. The molecule has 0 radical (unpaired) electrons. The van der Waals surface area contributed by atoms with Crippen LogP contribution in [0.3, 0.4) is 0 Å². The molecule has 2 fully saturated rings. The van der Waals surface area contributed by atoms with E-state index in [1.165, 1.54) is 0 Å². The number of alkyl halides is 6. The number of para-hydroxylation sites is 1. The molecule has 0 unspecified atom stereocenters. The van der Waals surface area contributed by atoms with Gasteiger partial charge in [-0.25, -0.2) is 4.79 Å². The number of anilines is 1. The van der Waals surface area contributed by atoms with Crippen LogP contribution in [0.4, 0.5) is 36.8 Å². The van der Waals surface area contributed by atoms with Gasteiger partial charge in [0, 0.05) is 51.5 Å². The Morgan fingerprint density at radius 1 is 0.900 bits per heavy atom. The SMILES string of the molecule is O=C(OC(C(F)(F)F)C(F)(F)F)N1CCN(Cc2ccccc2N2CCCC2)CC1. The Bertz CT molecular complexity index is 712. The van der Waals surface area contributed by atoms with Gasteiger partial charge in [0.1, 0.15) is 0 Å². The number of halogens is 6. The fourth-order valence-corrected chi connectivity index (χ4v) is 3.74. The van der Waals surface area contributed by atoms with Crippen molar-refractivity contribution in [1.29, 1.82) is 0 Å². The highest BCUT2D eigenvalue weighted by Crippen LogP contribution is 2.36. The summed E-state index contributed by atoms with van der Waals surface area (Å²) in [6.07, 6.45) is -14.9. The van der Waals surface area contributed by atoms with E-state index in [-0.39, 0.29) is 13.1 Å². The van der Waals surface area contributed by atoms with E-state index in [0.29, 0.717) is 19.6 Å². The molecular weight excluding hydrogens is 416 g/mol. The normalized spacial score (nSPS) is 18.9. The largest absolute Gasteiger partial charge is 0.434 e. The van der Waals surface area contributed by atoms with Crippen LogP contribution in [-0.4, -0.2) is 73.6 Å². The minimum absolute atomic E-state index is 0.00680. The van der Waals surface area contributed by atoms with Crippen LogP contribution in [0.25, 0.3) is 0 Å². The van der Waals surface area contributed by atoms with E-state index >= 15 is 0 Å². The summed E-state index contributed by atoms with van der Waals surface area (Å²) >= 11 is 0.